The number of nitrogens with one attached hydrogen (secondary N) is 1. The molecule has 0 rings (SSSR count). The summed E-state index contributed by atoms with van der Waals surface area (Å²) < 4.78 is 4.64. The van der Waals surface area contributed by atoms with Crippen LogP contribution in [0.5, 0.6) is 0 Å². The molecule has 0 saturated heterocycles. The van der Waals surface area contributed by atoms with Gasteiger partial charge in [0.25, 0.3) is 0 Å². The van der Waals surface area contributed by atoms with Gasteiger partial charge in [0.1, 0.15) is 0 Å². The van der Waals surface area contributed by atoms with E-state index < -0.39 is 0 Å². The molecule has 0 aliphatic rings. The first-order valence-electron chi connectivity index (χ1n) is 5.01. The number of hydrogen-bond donors (Lipinski definition) is 2. The summed E-state index contributed by atoms with van der Waals surface area (Å²) in [5.41, 5.74) is 0. The van der Waals surface area contributed by atoms with Gasteiger partial charge in [-0.2, -0.15) is 0 Å². The fourth-order valence-electron chi connectivity index (χ4n) is 1.21. The van der Waals surface area contributed by atoms with Gasteiger partial charge in [0.15, 0.2) is 0 Å². The topological polar surface area (TPSA) is 58.6 Å². The maximum Gasteiger partial charge on any atom is 0.309 e. The van der Waals surface area contributed by atoms with Crippen molar-refractivity contribution in [2.45, 2.75) is 39.3 Å². The summed E-state index contributed by atoms with van der Waals surface area (Å²) in [5, 5.41) is 12.2. The van der Waals surface area contributed by atoms with Crippen molar-refractivity contribution >= 4 is 5.97 Å². The van der Waals surface area contributed by atoms with Crippen LogP contribution in [0.25, 0.3) is 0 Å². The molecule has 0 aliphatic carbocycles. The second kappa shape index (κ2) is 6.79. The van der Waals surface area contributed by atoms with Gasteiger partial charge in [-0.15, -0.1) is 0 Å². The molecule has 14 heavy (non-hydrogen) atoms. The molecule has 0 amide bonds. The molecule has 0 fully saturated rings. The van der Waals surface area contributed by atoms with Crippen LogP contribution in [-0.4, -0.2) is 36.9 Å². The maximum atomic E-state index is 11.2. The molecule has 3 atom stereocenters. The molecule has 0 spiro atoms. The predicted octanol–water partition coefficient (Wildman–Crippen LogP) is 0.544. The zero-order valence-electron chi connectivity index (χ0n) is 9.41. The van der Waals surface area contributed by atoms with Crippen LogP contribution in [0.1, 0.15) is 27.2 Å². The lowest BCUT2D eigenvalue weighted by Crippen LogP contribution is -2.44. The second-order valence-corrected chi connectivity index (χ2v) is 3.55. The Morgan fingerprint density at radius 2 is 2.07 bits per heavy atom. The number of aliphatic hydroxyl groups excluding tert-OH is 1. The molecule has 2 N–H and O–H groups in total. The number of methoxy groups -OCH3 is 1. The zero-order chi connectivity index (χ0) is 11.1. The maximum absolute atomic E-state index is 11.2. The van der Waals surface area contributed by atoms with Crippen LogP contribution < -0.4 is 5.32 Å². The van der Waals surface area contributed by atoms with Gasteiger partial charge in [0.05, 0.1) is 19.6 Å². The highest BCUT2D eigenvalue weighted by Crippen LogP contribution is 2.06. The summed E-state index contributed by atoms with van der Waals surface area (Å²) in [6.07, 6.45) is 0.842. The lowest BCUT2D eigenvalue weighted by atomic mass is 10.0. The van der Waals surface area contributed by atoms with Gasteiger partial charge in [-0.05, 0) is 13.3 Å². The Kier molecular flexibility index (Phi) is 6.49. The average Bonchev–Trinajstić information content (AvgIpc) is 2.23. The minimum absolute atomic E-state index is 0.0135. The van der Waals surface area contributed by atoms with E-state index in [-0.39, 0.29) is 30.6 Å². The number of esters is 1. The Hall–Kier alpha value is -0.610. The average molecular weight is 203 g/mol. The minimum Gasteiger partial charge on any atom is -0.469 e. The van der Waals surface area contributed by atoms with E-state index in [0.717, 1.165) is 6.42 Å². The Morgan fingerprint density at radius 1 is 1.50 bits per heavy atom. The number of hydrogen-bond acceptors (Lipinski definition) is 4. The summed E-state index contributed by atoms with van der Waals surface area (Å²) in [5.74, 6) is -0.418. The van der Waals surface area contributed by atoms with Gasteiger partial charge in [0, 0.05) is 12.1 Å². The Labute approximate surface area is 85.6 Å². The van der Waals surface area contributed by atoms with Gasteiger partial charge in [-0.3, -0.25) is 4.79 Å². The van der Waals surface area contributed by atoms with Crippen molar-refractivity contribution in [2.24, 2.45) is 5.92 Å². The number of carbonyl (C=O) groups is 1. The Balaban J connectivity index is 4.05. The highest BCUT2D eigenvalue weighted by Gasteiger charge is 2.22. The lowest BCUT2D eigenvalue weighted by Gasteiger charge is -2.24. The van der Waals surface area contributed by atoms with Crippen molar-refractivity contribution in [1.29, 1.82) is 0 Å². The van der Waals surface area contributed by atoms with Crippen LogP contribution in [-0.2, 0) is 9.53 Å². The third-order valence-corrected chi connectivity index (χ3v) is 2.53. The molecule has 4 heteroatoms. The van der Waals surface area contributed by atoms with E-state index >= 15 is 0 Å². The molecule has 3 unspecified atom stereocenters. The van der Waals surface area contributed by atoms with Crippen molar-refractivity contribution in [3.8, 4) is 0 Å². The summed E-state index contributed by atoms with van der Waals surface area (Å²) in [6.45, 7) is 5.81. The number of ether oxygens (including phenoxy) is 1. The number of rotatable bonds is 6. The van der Waals surface area contributed by atoms with Gasteiger partial charge in [-0.1, -0.05) is 13.8 Å². The highest BCUT2D eigenvalue weighted by molar-refractivity contribution is 5.72. The minimum atomic E-state index is -0.224. The van der Waals surface area contributed by atoms with Crippen LogP contribution in [0.3, 0.4) is 0 Å². The molecule has 0 aromatic rings. The molecular weight excluding hydrogens is 182 g/mol. The van der Waals surface area contributed by atoms with E-state index in [1.54, 1.807) is 0 Å². The lowest BCUT2D eigenvalue weighted by molar-refractivity contribution is -0.145. The fourth-order valence-corrected chi connectivity index (χ4v) is 1.21. The monoisotopic (exact) mass is 203 g/mol. The Morgan fingerprint density at radius 3 is 2.43 bits per heavy atom. The van der Waals surface area contributed by atoms with Crippen molar-refractivity contribution < 1.29 is 14.6 Å². The summed E-state index contributed by atoms with van der Waals surface area (Å²) in [7, 11) is 1.38. The quantitative estimate of drug-likeness (QED) is 0.619. The van der Waals surface area contributed by atoms with Crippen LogP contribution in [0.15, 0.2) is 0 Å². The molecule has 0 aromatic carbocycles. The van der Waals surface area contributed by atoms with E-state index in [2.05, 4.69) is 10.1 Å². The molecule has 0 bridgehead atoms. The van der Waals surface area contributed by atoms with Gasteiger partial charge < -0.3 is 15.2 Å². The molecular formula is C10H21NO3. The predicted molar refractivity (Wildman–Crippen MR) is 54.9 cm³/mol. The molecule has 0 heterocycles. The third kappa shape index (κ3) is 4.07. The Bertz CT molecular complexity index is 169. The van der Waals surface area contributed by atoms with Gasteiger partial charge in [0.2, 0.25) is 0 Å². The first-order chi connectivity index (χ1) is 6.56. The summed E-state index contributed by atoms with van der Waals surface area (Å²) >= 11 is 0. The van der Waals surface area contributed by atoms with Crippen LogP contribution in [0.2, 0.25) is 0 Å². The van der Waals surface area contributed by atoms with Crippen molar-refractivity contribution in [2.75, 3.05) is 13.7 Å². The SMILES string of the molecule is CCC(CO)NC(C)C(C)C(=O)OC. The standard InChI is InChI=1S/C10H21NO3/c1-5-9(6-12)11-8(3)7(2)10(13)14-4/h7-9,11-12H,5-6H2,1-4H3. The van der Waals surface area contributed by atoms with Crippen molar-refractivity contribution in [3.05, 3.63) is 0 Å². The largest absolute Gasteiger partial charge is 0.469 e. The first-order valence-corrected chi connectivity index (χ1v) is 5.01. The van der Waals surface area contributed by atoms with Crippen LogP contribution >= 0.6 is 0 Å². The van der Waals surface area contributed by atoms with Crippen molar-refractivity contribution in [1.82, 2.24) is 5.32 Å². The van der Waals surface area contributed by atoms with Gasteiger partial charge in [-0.25, -0.2) is 0 Å². The number of carbonyl (C=O) groups excluding carboxylic acids is 1. The van der Waals surface area contributed by atoms with E-state index in [4.69, 9.17) is 5.11 Å². The molecule has 0 saturated carbocycles. The smallest absolute Gasteiger partial charge is 0.309 e. The van der Waals surface area contributed by atoms with E-state index in [1.165, 1.54) is 7.11 Å². The van der Waals surface area contributed by atoms with Gasteiger partial charge >= 0.3 is 5.97 Å². The fraction of sp³-hybridized carbons (Fsp3) is 0.900. The molecule has 4 nitrogen and oxygen atoms in total. The van der Waals surface area contributed by atoms with E-state index in [1.807, 2.05) is 20.8 Å². The van der Waals surface area contributed by atoms with Crippen LogP contribution in [0.4, 0.5) is 0 Å². The molecule has 0 radical (unpaired) electrons. The number of aliphatic hydroxyl groups is 1. The van der Waals surface area contributed by atoms with Crippen LogP contribution in [0, 0.1) is 5.92 Å². The zero-order valence-corrected chi connectivity index (χ0v) is 9.41. The third-order valence-electron chi connectivity index (χ3n) is 2.53. The molecule has 0 aliphatic heterocycles. The van der Waals surface area contributed by atoms with Crippen molar-refractivity contribution in [3.63, 3.8) is 0 Å². The van der Waals surface area contributed by atoms with E-state index in [9.17, 15) is 4.79 Å². The molecule has 0 aromatic heterocycles. The summed E-state index contributed by atoms with van der Waals surface area (Å²) in [6, 6.07) is 0.0663. The van der Waals surface area contributed by atoms with E-state index in [0.29, 0.717) is 0 Å². The molecule has 84 valence electrons. The normalized spacial score (nSPS) is 17.2. The highest BCUT2D eigenvalue weighted by atomic mass is 16.5. The second-order valence-electron chi connectivity index (χ2n) is 3.55. The first kappa shape index (κ1) is 13.4. The summed E-state index contributed by atoms with van der Waals surface area (Å²) in [4.78, 5) is 11.2.